The molecule has 1 unspecified atom stereocenters. The summed E-state index contributed by atoms with van der Waals surface area (Å²) in [5.41, 5.74) is 21.6. The van der Waals surface area contributed by atoms with Gasteiger partial charge in [-0.25, -0.2) is 0 Å². The number of hydrogen-bond acceptors (Lipinski definition) is 1. The molecule has 1 atom stereocenters. The first kappa shape index (κ1) is 37.5. The minimum atomic E-state index is -0.567. The second-order valence-electron chi connectivity index (χ2n) is 18.7. The van der Waals surface area contributed by atoms with Gasteiger partial charge in [-0.15, -0.1) is 0 Å². The van der Waals surface area contributed by atoms with Gasteiger partial charge in [0, 0.05) is 27.4 Å². The van der Waals surface area contributed by atoms with Crippen LogP contribution in [0.4, 0.5) is 17.1 Å². The maximum atomic E-state index is 2.54. The van der Waals surface area contributed by atoms with E-state index in [0.717, 1.165) is 17.1 Å². The molecule has 2 heterocycles. The first-order valence-corrected chi connectivity index (χ1v) is 23.8. The molecule has 15 rings (SSSR count). The molecule has 0 saturated carbocycles. The van der Waals surface area contributed by atoms with E-state index < -0.39 is 10.8 Å². The number of anilines is 3. The summed E-state index contributed by atoms with van der Waals surface area (Å²) < 4.78 is 2.53. The van der Waals surface area contributed by atoms with Crippen LogP contribution in [0, 0.1) is 0 Å². The van der Waals surface area contributed by atoms with Gasteiger partial charge in [0.15, 0.2) is 0 Å². The van der Waals surface area contributed by atoms with Gasteiger partial charge in [-0.05, 0) is 103 Å². The van der Waals surface area contributed by atoms with Gasteiger partial charge in [-0.2, -0.15) is 0 Å². The maximum Gasteiger partial charge on any atom is 0.0755 e. The van der Waals surface area contributed by atoms with Crippen LogP contribution >= 0.6 is 0 Å². The van der Waals surface area contributed by atoms with E-state index in [0.29, 0.717) is 0 Å². The minimum absolute atomic E-state index is 0.492. The van der Waals surface area contributed by atoms with E-state index in [-0.39, 0.29) is 0 Å². The molecule has 2 nitrogen and oxygen atoms in total. The second kappa shape index (κ2) is 13.9. The zero-order valence-electron chi connectivity index (χ0n) is 37.1. The van der Waals surface area contributed by atoms with Crippen LogP contribution in [0.3, 0.4) is 0 Å². The van der Waals surface area contributed by atoms with Crippen LogP contribution in [0.5, 0.6) is 0 Å². The van der Waals surface area contributed by atoms with E-state index in [1.54, 1.807) is 0 Å². The Morgan fingerprint density at radius 1 is 0.309 bits per heavy atom. The second-order valence-corrected chi connectivity index (χ2v) is 18.7. The van der Waals surface area contributed by atoms with Crippen LogP contribution in [0.15, 0.2) is 255 Å². The van der Waals surface area contributed by atoms with Crippen LogP contribution in [-0.4, -0.2) is 4.57 Å². The number of nitrogens with zero attached hydrogens (tertiary/aromatic N) is 2. The lowest BCUT2D eigenvalue weighted by Gasteiger charge is -2.39. The molecule has 0 bridgehead atoms. The van der Waals surface area contributed by atoms with Crippen LogP contribution in [0.25, 0.3) is 60.5 Å². The molecule has 0 amide bonds. The first-order chi connectivity index (χ1) is 33.8. The molecule has 0 N–H and O–H groups in total. The number of benzene rings is 11. The molecule has 68 heavy (non-hydrogen) atoms. The van der Waals surface area contributed by atoms with Gasteiger partial charge in [0.1, 0.15) is 0 Å². The van der Waals surface area contributed by atoms with E-state index in [4.69, 9.17) is 0 Å². The van der Waals surface area contributed by atoms with Crippen molar-refractivity contribution < 1.29 is 0 Å². The molecule has 0 saturated heterocycles. The highest BCUT2D eigenvalue weighted by Crippen LogP contribution is 2.64. The zero-order chi connectivity index (χ0) is 44.6. The Kier molecular flexibility index (Phi) is 7.67. The number of hydrogen-bond donors (Lipinski definition) is 0. The van der Waals surface area contributed by atoms with Gasteiger partial charge in [-0.1, -0.05) is 218 Å². The van der Waals surface area contributed by atoms with Gasteiger partial charge in [0.2, 0.25) is 0 Å². The van der Waals surface area contributed by atoms with Crippen molar-refractivity contribution in [3.8, 4) is 27.9 Å². The van der Waals surface area contributed by atoms with Crippen molar-refractivity contribution in [1.82, 2.24) is 4.57 Å². The number of para-hydroxylation sites is 3. The third-order valence-corrected chi connectivity index (χ3v) is 15.7. The molecule has 1 aromatic heterocycles. The Morgan fingerprint density at radius 2 is 0.824 bits per heavy atom. The fourth-order valence-electron chi connectivity index (χ4n) is 13.2. The Balaban J connectivity index is 1.01. The molecule has 2 aliphatic carbocycles. The summed E-state index contributed by atoms with van der Waals surface area (Å²) in [6, 6.07) is 95.6. The number of fused-ring (bicyclic) bond motifs is 16. The Hall–Kier alpha value is -8.72. The van der Waals surface area contributed by atoms with E-state index in [1.165, 1.54) is 105 Å². The van der Waals surface area contributed by atoms with Crippen molar-refractivity contribution in [2.45, 2.75) is 10.8 Å². The number of rotatable bonds is 5. The quantitative estimate of drug-likeness (QED) is 0.167. The summed E-state index contributed by atoms with van der Waals surface area (Å²) >= 11 is 0. The molecule has 11 aromatic carbocycles. The summed E-state index contributed by atoms with van der Waals surface area (Å²) in [5.74, 6) is 0. The highest BCUT2D eigenvalue weighted by Gasteiger charge is 2.52. The highest BCUT2D eigenvalue weighted by molar-refractivity contribution is 6.13. The third kappa shape index (κ3) is 4.66. The van der Waals surface area contributed by atoms with Crippen LogP contribution in [-0.2, 0) is 10.8 Å². The molecular formula is C66H42N2. The minimum Gasteiger partial charge on any atom is -0.309 e. The van der Waals surface area contributed by atoms with E-state index in [1.807, 2.05) is 0 Å². The largest absolute Gasteiger partial charge is 0.309 e. The molecular weight excluding hydrogens is 821 g/mol. The van der Waals surface area contributed by atoms with Crippen molar-refractivity contribution in [1.29, 1.82) is 0 Å². The number of aromatic nitrogens is 1. The standard InChI is InChI=1S/C66H42N2/c1-2-21-44(22-3-1)65(53-29-10-6-24-48(53)49-25-7-11-30-54(49)65)45-39-41-46(42-40-45)67(59-37-16-20-43-19-4-5-23-47(43)59)62-38-18-33-57-63(62)52-27-8-12-31-55(52)66(57)56-32-13-15-36-61(56)68-60-35-14-9-26-50(60)51-28-17-34-58(66)64(51)68/h1-42H. The molecule has 3 aliphatic rings. The molecule has 1 spiro atoms. The van der Waals surface area contributed by atoms with Gasteiger partial charge in [0.05, 0.1) is 38.9 Å². The normalized spacial score (nSPS) is 15.5. The van der Waals surface area contributed by atoms with Crippen molar-refractivity contribution in [3.05, 3.63) is 299 Å². The fourth-order valence-corrected chi connectivity index (χ4v) is 13.2. The van der Waals surface area contributed by atoms with Gasteiger partial charge in [-0.3, -0.25) is 0 Å². The summed E-state index contributed by atoms with van der Waals surface area (Å²) in [6.07, 6.45) is 0. The van der Waals surface area contributed by atoms with E-state index >= 15 is 0 Å². The fraction of sp³-hybridized carbons (Fsp3) is 0.0303. The summed E-state index contributed by atoms with van der Waals surface area (Å²) in [4.78, 5) is 2.54. The van der Waals surface area contributed by atoms with E-state index in [2.05, 4.69) is 264 Å². The molecule has 2 heteroatoms. The zero-order valence-corrected chi connectivity index (χ0v) is 37.1. The molecule has 0 fully saturated rings. The third-order valence-electron chi connectivity index (χ3n) is 15.7. The summed E-state index contributed by atoms with van der Waals surface area (Å²) in [5, 5.41) is 4.97. The van der Waals surface area contributed by atoms with Crippen molar-refractivity contribution in [2.75, 3.05) is 4.90 Å². The van der Waals surface area contributed by atoms with Gasteiger partial charge >= 0.3 is 0 Å². The smallest absolute Gasteiger partial charge is 0.0755 e. The van der Waals surface area contributed by atoms with Gasteiger partial charge < -0.3 is 9.47 Å². The SMILES string of the molecule is c1ccc(C2(c3ccc(N(c4cccc5c4-c4ccccc4C54c5ccccc5-n5c6ccccc6c6cccc4c65)c4cccc5ccccc45)cc3)c3ccccc3-c3ccccc32)cc1. The van der Waals surface area contributed by atoms with Crippen molar-refractivity contribution in [3.63, 3.8) is 0 Å². The molecule has 316 valence electrons. The lowest BCUT2D eigenvalue weighted by atomic mass is 9.65. The molecule has 1 aliphatic heterocycles. The lowest BCUT2D eigenvalue weighted by Crippen LogP contribution is -2.33. The molecule has 12 aromatic rings. The summed E-state index contributed by atoms with van der Waals surface area (Å²) in [6.45, 7) is 0. The van der Waals surface area contributed by atoms with Crippen molar-refractivity contribution in [2.24, 2.45) is 0 Å². The maximum absolute atomic E-state index is 2.54. The summed E-state index contributed by atoms with van der Waals surface area (Å²) in [7, 11) is 0. The predicted molar refractivity (Wildman–Crippen MR) is 281 cm³/mol. The molecule has 0 radical (unpaired) electrons. The van der Waals surface area contributed by atoms with E-state index in [9.17, 15) is 0 Å². The van der Waals surface area contributed by atoms with Crippen LogP contribution in [0.2, 0.25) is 0 Å². The average molecular weight is 863 g/mol. The predicted octanol–water partition coefficient (Wildman–Crippen LogP) is 16.4. The first-order valence-electron chi connectivity index (χ1n) is 23.8. The van der Waals surface area contributed by atoms with Crippen molar-refractivity contribution >= 4 is 49.6 Å². The average Bonchev–Trinajstić information content (AvgIpc) is 4.03. The monoisotopic (exact) mass is 862 g/mol. The Morgan fingerprint density at radius 3 is 1.60 bits per heavy atom. The van der Waals surface area contributed by atoms with Crippen LogP contribution < -0.4 is 4.90 Å². The Bertz CT molecular complexity index is 3990. The van der Waals surface area contributed by atoms with Gasteiger partial charge in [0.25, 0.3) is 0 Å². The lowest BCUT2D eigenvalue weighted by molar-refractivity contribution is 0.748. The Labute approximate surface area is 395 Å². The van der Waals surface area contributed by atoms with Crippen LogP contribution in [0.1, 0.15) is 44.5 Å². The highest BCUT2D eigenvalue weighted by atomic mass is 15.1. The topological polar surface area (TPSA) is 8.17 Å².